The van der Waals surface area contributed by atoms with E-state index >= 15 is 0 Å². The topological polar surface area (TPSA) is 63.2 Å². The first-order valence-corrected chi connectivity index (χ1v) is 7.65. The van der Waals surface area contributed by atoms with E-state index in [9.17, 15) is 4.79 Å². The second kappa shape index (κ2) is 9.34. The summed E-state index contributed by atoms with van der Waals surface area (Å²) in [5.74, 6) is 0.679. The van der Waals surface area contributed by atoms with Gasteiger partial charge >= 0.3 is 0 Å². The number of unbranched alkanes of at least 4 members (excludes halogenated alkanes) is 1. The van der Waals surface area contributed by atoms with Crippen LogP contribution >= 0.6 is 0 Å². The van der Waals surface area contributed by atoms with Crippen LogP contribution in [0.3, 0.4) is 0 Å². The molecule has 0 bridgehead atoms. The number of carbonyl (C=O) groups excluding carboxylic acids is 1. The lowest BCUT2D eigenvalue weighted by Crippen LogP contribution is -2.25. The van der Waals surface area contributed by atoms with Gasteiger partial charge in [-0.15, -0.1) is 0 Å². The molecule has 21 heavy (non-hydrogen) atoms. The third-order valence-corrected chi connectivity index (χ3v) is 3.07. The fourth-order valence-corrected chi connectivity index (χ4v) is 1.88. The zero-order valence-electron chi connectivity index (χ0n) is 13.5. The molecule has 0 aliphatic carbocycles. The van der Waals surface area contributed by atoms with Crippen LogP contribution in [0, 0.1) is 0 Å². The van der Waals surface area contributed by atoms with Gasteiger partial charge in [-0.3, -0.25) is 4.79 Å². The van der Waals surface area contributed by atoms with Gasteiger partial charge in [-0.2, -0.15) is 0 Å². The Bertz CT molecular complexity index is 425. The summed E-state index contributed by atoms with van der Waals surface area (Å²) in [6.07, 6.45) is 2.95. The van der Waals surface area contributed by atoms with Crippen molar-refractivity contribution >= 4 is 11.7 Å². The fourth-order valence-electron chi connectivity index (χ4n) is 1.88. The monoisotopic (exact) mass is 293 g/mol. The van der Waals surface area contributed by atoms with E-state index in [4.69, 9.17) is 4.74 Å². The van der Waals surface area contributed by atoms with E-state index in [2.05, 4.69) is 15.6 Å². The average Bonchev–Trinajstić information content (AvgIpc) is 2.49. The highest BCUT2D eigenvalue weighted by Gasteiger charge is 2.08. The van der Waals surface area contributed by atoms with Gasteiger partial charge in [-0.05, 0) is 45.2 Å². The molecular weight excluding hydrogens is 266 g/mol. The molecule has 0 unspecified atom stereocenters. The summed E-state index contributed by atoms with van der Waals surface area (Å²) in [6.45, 7) is 7.48. The van der Waals surface area contributed by atoms with Crippen LogP contribution < -0.4 is 10.6 Å². The second-order valence-electron chi connectivity index (χ2n) is 5.22. The molecular formula is C16H27N3O2. The van der Waals surface area contributed by atoms with Gasteiger partial charge in [-0.1, -0.05) is 6.92 Å². The summed E-state index contributed by atoms with van der Waals surface area (Å²) in [6, 6.07) is 3.62. The number of amides is 1. The van der Waals surface area contributed by atoms with Crippen molar-refractivity contribution in [2.75, 3.05) is 25.5 Å². The molecule has 1 rings (SSSR count). The maximum atomic E-state index is 12.1. The number of anilines is 1. The molecule has 0 aliphatic heterocycles. The lowest BCUT2D eigenvalue weighted by atomic mass is 10.1. The Kier molecular flexibility index (Phi) is 7.75. The lowest BCUT2D eigenvalue weighted by molar-refractivity contribution is 0.0754. The normalized spacial score (nSPS) is 10.7. The number of aryl methyl sites for hydroxylation is 1. The maximum Gasteiger partial charge on any atom is 0.251 e. The van der Waals surface area contributed by atoms with Crippen LogP contribution in [0.4, 0.5) is 5.82 Å². The molecule has 0 spiro atoms. The molecule has 0 fully saturated rings. The first-order chi connectivity index (χ1) is 10.1. The summed E-state index contributed by atoms with van der Waals surface area (Å²) in [5, 5.41) is 5.92. The van der Waals surface area contributed by atoms with Crippen LogP contribution in [0.25, 0.3) is 0 Å². The van der Waals surface area contributed by atoms with Crippen LogP contribution in [0.15, 0.2) is 12.1 Å². The molecule has 0 aliphatic rings. The molecule has 0 saturated heterocycles. The molecule has 1 amide bonds. The summed E-state index contributed by atoms with van der Waals surface area (Å²) in [5.41, 5.74) is 1.57. The third kappa shape index (κ3) is 6.58. The molecule has 0 aromatic carbocycles. The van der Waals surface area contributed by atoms with Gasteiger partial charge in [0, 0.05) is 31.5 Å². The highest BCUT2D eigenvalue weighted by molar-refractivity contribution is 5.94. The maximum absolute atomic E-state index is 12.1. The number of ether oxygens (including phenoxy) is 1. The Hall–Kier alpha value is -1.62. The Morgan fingerprint density at radius 3 is 2.71 bits per heavy atom. The average molecular weight is 293 g/mol. The predicted octanol–water partition coefficient (Wildman–Crippen LogP) is 2.62. The van der Waals surface area contributed by atoms with E-state index < -0.39 is 0 Å². The van der Waals surface area contributed by atoms with E-state index in [0.29, 0.717) is 12.1 Å². The standard InChI is InChI=1S/C16H27N3O2/c1-5-14-10-13(11-15(17-4)19-14)16(20)18-8-6-7-9-21-12(2)3/h10-12H,5-9H2,1-4H3,(H,17,19)(H,18,20). The number of pyridine rings is 1. The van der Waals surface area contributed by atoms with Crippen LogP contribution in [-0.2, 0) is 11.2 Å². The molecule has 5 heteroatoms. The quantitative estimate of drug-likeness (QED) is 0.687. The zero-order valence-corrected chi connectivity index (χ0v) is 13.5. The van der Waals surface area contributed by atoms with Crippen LogP contribution in [0.1, 0.15) is 49.7 Å². The minimum absolute atomic E-state index is 0.0478. The SMILES string of the molecule is CCc1cc(C(=O)NCCCCOC(C)C)cc(NC)n1. The van der Waals surface area contributed by atoms with E-state index in [1.807, 2.05) is 26.8 Å². The second-order valence-corrected chi connectivity index (χ2v) is 5.22. The lowest BCUT2D eigenvalue weighted by Gasteiger charge is -2.09. The van der Waals surface area contributed by atoms with Gasteiger partial charge in [0.05, 0.1) is 6.10 Å². The van der Waals surface area contributed by atoms with Gasteiger partial charge in [0.1, 0.15) is 5.82 Å². The first kappa shape index (κ1) is 17.4. The first-order valence-electron chi connectivity index (χ1n) is 7.65. The molecule has 2 N–H and O–H groups in total. The smallest absolute Gasteiger partial charge is 0.251 e. The number of rotatable bonds is 9. The summed E-state index contributed by atoms with van der Waals surface area (Å²) < 4.78 is 5.46. The molecule has 5 nitrogen and oxygen atoms in total. The Balaban J connectivity index is 2.41. The summed E-state index contributed by atoms with van der Waals surface area (Å²) >= 11 is 0. The van der Waals surface area contributed by atoms with Gasteiger partial charge in [-0.25, -0.2) is 4.98 Å². The molecule has 0 saturated carbocycles. The highest BCUT2D eigenvalue weighted by atomic mass is 16.5. The van der Waals surface area contributed by atoms with Crippen LogP contribution in [-0.4, -0.2) is 37.2 Å². The number of aromatic nitrogens is 1. The van der Waals surface area contributed by atoms with Crippen molar-refractivity contribution in [3.8, 4) is 0 Å². The van der Waals surface area contributed by atoms with Gasteiger partial charge in [0.15, 0.2) is 0 Å². The van der Waals surface area contributed by atoms with Gasteiger partial charge in [0.2, 0.25) is 0 Å². The molecule has 1 aromatic rings. The van der Waals surface area contributed by atoms with Crippen molar-refractivity contribution in [3.05, 3.63) is 23.4 Å². The largest absolute Gasteiger partial charge is 0.379 e. The van der Waals surface area contributed by atoms with Crippen molar-refractivity contribution in [3.63, 3.8) is 0 Å². The molecule has 1 aromatic heterocycles. The molecule has 0 atom stereocenters. The Morgan fingerprint density at radius 1 is 1.33 bits per heavy atom. The minimum Gasteiger partial charge on any atom is -0.379 e. The molecule has 118 valence electrons. The molecule has 1 heterocycles. The van der Waals surface area contributed by atoms with Crippen LogP contribution in [0.2, 0.25) is 0 Å². The van der Waals surface area contributed by atoms with E-state index in [1.54, 1.807) is 13.1 Å². The van der Waals surface area contributed by atoms with E-state index in [0.717, 1.165) is 37.4 Å². The summed E-state index contributed by atoms with van der Waals surface area (Å²) in [7, 11) is 1.80. The number of hydrogen-bond acceptors (Lipinski definition) is 4. The zero-order chi connectivity index (χ0) is 15.7. The van der Waals surface area contributed by atoms with E-state index in [-0.39, 0.29) is 12.0 Å². The minimum atomic E-state index is -0.0478. The van der Waals surface area contributed by atoms with Crippen molar-refractivity contribution in [1.29, 1.82) is 0 Å². The number of nitrogens with one attached hydrogen (secondary N) is 2. The third-order valence-electron chi connectivity index (χ3n) is 3.07. The number of carbonyl (C=O) groups is 1. The number of hydrogen-bond donors (Lipinski definition) is 2. The van der Waals surface area contributed by atoms with Crippen molar-refractivity contribution in [2.45, 2.75) is 46.1 Å². The van der Waals surface area contributed by atoms with Crippen molar-refractivity contribution in [2.24, 2.45) is 0 Å². The van der Waals surface area contributed by atoms with E-state index in [1.165, 1.54) is 0 Å². The van der Waals surface area contributed by atoms with Gasteiger partial charge < -0.3 is 15.4 Å². The predicted molar refractivity (Wildman–Crippen MR) is 85.8 cm³/mol. The van der Waals surface area contributed by atoms with Crippen molar-refractivity contribution < 1.29 is 9.53 Å². The Morgan fingerprint density at radius 2 is 2.10 bits per heavy atom. The number of nitrogens with zero attached hydrogens (tertiary/aromatic N) is 1. The van der Waals surface area contributed by atoms with Gasteiger partial charge in [0.25, 0.3) is 5.91 Å². The molecule has 0 radical (unpaired) electrons. The Labute approximate surface area is 127 Å². The fraction of sp³-hybridized carbons (Fsp3) is 0.625. The van der Waals surface area contributed by atoms with Crippen molar-refractivity contribution in [1.82, 2.24) is 10.3 Å². The summed E-state index contributed by atoms with van der Waals surface area (Å²) in [4.78, 5) is 16.5. The highest BCUT2D eigenvalue weighted by Crippen LogP contribution is 2.10. The van der Waals surface area contributed by atoms with Crippen LogP contribution in [0.5, 0.6) is 0 Å².